The molecule has 1 heterocycles. The number of sulfonamides is 1. The summed E-state index contributed by atoms with van der Waals surface area (Å²) in [6.45, 7) is 3.99. The van der Waals surface area contributed by atoms with Crippen LogP contribution >= 0.6 is 23.8 Å². The van der Waals surface area contributed by atoms with Crippen LogP contribution < -0.4 is 5.73 Å². The Labute approximate surface area is 135 Å². The molecule has 2 N–H and O–H groups in total. The Morgan fingerprint density at radius 1 is 1.33 bits per heavy atom. The molecule has 1 saturated heterocycles. The average Bonchev–Trinajstić information content (AvgIpc) is 2.46. The van der Waals surface area contributed by atoms with Crippen LogP contribution in [0.25, 0.3) is 0 Å². The second-order valence-electron chi connectivity index (χ2n) is 4.98. The molecule has 0 amide bonds. The van der Waals surface area contributed by atoms with E-state index in [9.17, 15) is 8.42 Å². The minimum atomic E-state index is -3.50. The molecule has 2 rings (SSSR count). The van der Waals surface area contributed by atoms with Gasteiger partial charge in [-0.1, -0.05) is 29.9 Å². The maximum absolute atomic E-state index is 12.5. The lowest BCUT2D eigenvalue weighted by Gasteiger charge is -2.36. The summed E-state index contributed by atoms with van der Waals surface area (Å²) < 4.78 is 26.6. The number of halogens is 1. The fourth-order valence-electron chi connectivity index (χ4n) is 2.29. The van der Waals surface area contributed by atoms with Gasteiger partial charge in [-0.2, -0.15) is 4.31 Å². The normalized spacial score (nSPS) is 19.3. The molecule has 0 spiro atoms. The van der Waals surface area contributed by atoms with E-state index < -0.39 is 10.0 Å². The third-order valence-corrected chi connectivity index (χ3v) is 6.14. The van der Waals surface area contributed by atoms with Crippen LogP contribution in [0.3, 0.4) is 0 Å². The fraction of sp³-hybridized carbons (Fsp3) is 0.462. The lowest BCUT2D eigenvalue weighted by molar-refractivity contribution is 0.175. The third kappa shape index (κ3) is 3.73. The first-order chi connectivity index (χ1) is 9.82. The molecule has 8 heteroatoms. The summed E-state index contributed by atoms with van der Waals surface area (Å²) in [5, 5.41) is 0.414. The lowest BCUT2D eigenvalue weighted by Crippen LogP contribution is -2.53. The highest BCUT2D eigenvalue weighted by Gasteiger charge is 2.30. The summed E-state index contributed by atoms with van der Waals surface area (Å²) in [6.07, 6.45) is 0. The van der Waals surface area contributed by atoms with E-state index in [-0.39, 0.29) is 10.9 Å². The first kappa shape index (κ1) is 16.6. The molecule has 0 aromatic heterocycles. The number of rotatable bonds is 4. The Morgan fingerprint density at radius 2 is 1.95 bits per heavy atom. The molecule has 116 valence electrons. The maximum Gasteiger partial charge on any atom is 0.243 e. The van der Waals surface area contributed by atoms with E-state index in [0.717, 1.165) is 0 Å². The summed E-state index contributed by atoms with van der Waals surface area (Å²) in [5.41, 5.74) is 5.64. The first-order valence-electron chi connectivity index (χ1n) is 6.61. The zero-order valence-corrected chi connectivity index (χ0v) is 14.1. The third-order valence-electron chi connectivity index (χ3n) is 3.67. The van der Waals surface area contributed by atoms with Crippen LogP contribution in [0.1, 0.15) is 6.92 Å². The summed E-state index contributed by atoms with van der Waals surface area (Å²) in [6, 6.07) is 6.31. The fourth-order valence-corrected chi connectivity index (χ4v) is 4.16. The predicted molar refractivity (Wildman–Crippen MR) is 88.0 cm³/mol. The molecule has 1 unspecified atom stereocenters. The molecule has 1 atom stereocenters. The van der Waals surface area contributed by atoms with Crippen molar-refractivity contribution in [2.45, 2.75) is 17.9 Å². The van der Waals surface area contributed by atoms with E-state index in [1.165, 1.54) is 10.4 Å². The van der Waals surface area contributed by atoms with Gasteiger partial charge in [0.25, 0.3) is 0 Å². The Bertz CT molecular complexity index is 628. The second-order valence-corrected chi connectivity index (χ2v) is 7.82. The van der Waals surface area contributed by atoms with Crippen molar-refractivity contribution in [3.05, 3.63) is 29.3 Å². The summed E-state index contributed by atoms with van der Waals surface area (Å²) in [4.78, 5) is 2.75. The molecule has 1 fully saturated rings. The van der Waals surface area contributed by atoms with Gasteiger partial charge in [0.05, 0.1) is 15.9 Å². The number of hydrogen-bond donors (Lipinski definition) is 1. The van der Waals surface area contributed by atoms with Crippen molar-refractivity contribution in [2.75, 3.05) is 26.2 Å². The van der Waals surface area contributed by atoms with Gasteiger partial charge in [0, 0.05) is 31.2 Å². The van der Waals surface area contributed by atoms with E-state index in [2.05, 4.69) is 4.90 Å². The van der Waals surface area contributed by atoms with Crippen LogP contribution in [0.15, 0.2) is 29.2 Å². The van der Waals surface area contributed by atoms with Gasteiger partial charge in [-0.05, 0) is 25.1 Å². The highest BCUT2D eigenvalue weighted by Crippen LogP contribution is 2.21. The van der Waals surface area contributed by atoms with Gasteiger partial charge in [-0.15, -0.1) is 0 Å². The summed E-state index contributed by atoms with van der Waals surface area (Å²) in [5.74, 6) is 0. The topological polar surface area (TPSA) is 66.6 Å². The van der Waals surface area contributed by atoms with Gasteiger partial charge in [0.2, 0.25) is 10.0 Å². The molecular formula is C13H18ClN3O2S2. The Balaban J connectivity index is 2.09. The molecule has 1 aliphatic heterocycles. The van der Waals surface area contributed by atoms with E-state index in [1.54, 1.807) is 18.2 Å². The molecule has 0 radical (unpaired) electrons. The number of benzene rings is 1. The van der Waals surface area contributed by atoms with Crippen molar-refractivity contribution in [1.82, 2.24) is 9.21 Å². The summed E-state index contributed by atoms with van der Waals surface area (Å²) >= 11 is 10.9. The quantitative estimate of drug-likeness (QED) is 0.832. The molecule has 0 bridgehead atoms. The van der Waals surface area contributed by atoms with Crippen LogP contribution in [0.2, 0.25) is 5.02 Å². The second kappa shape index (κ2) is 6.58. The van der Waals surface area contributed by atoms with Crippen molar-refractivity contribution < 1.29 is 8.42 Å². The smallest absolute Gasteiger partial charge is 0.243 e. The van der Waals surface area contributed by atoms with Gasteiger partial charge < -0.3 is 5.73 Å². The minimum Gasteiger partial charge on any atom is -0.392 e. The molecule has 5 nitrogen and oxygen atoms in total. The molecule has 1 aromatic rings. The number of thiocarbonyl (C=S) groups is 1. The van der Waals surface area contributed by atoms with Crippen molar-refractivity contribution in [3.8, 4) is 0 Å². The van der Waals surface area contributed by atoms with Gasteiger partial charge in [0.15, 0.2) is 0 Å². The number of hydrogen-bond acceptors (Lipinski definition) is 4. The minimum absolute atomic E-state index is 0.0176. The number of piperazine rings is 1. The Kier molecular flexibility index (Phi) is 5.21. The predicted octanol–water partition coefficient (Wildman–Crippen LogP) is 1.32. The van der Waals surface area contributed by atoms with Crippen LogP contribution in [-0.2, 0) is 10.0 Å². The zero-order chi connectivity index (χ0) is 15.6. The molecular weight excluding hydrogens is 330 g/mol. The SMILES string of the molecule is CC(C(N)=S)N1CCN(S(=O)(=O)c2cccc(Cl)c2)CC1. The highest BCUT2D eigenvalue weighted by atomic mass is 35.5. The number of nitrogens with zero attached hydrogens (tertiary/aromatic N) is 2. The van der Waals surface area contributed by atoms with E-state index >= 15 is 0 Å². The van der Waals surface area contributed by atoms with Gasteiger partial charge in [-0.3, -0.25) is 4.90 Å². The van der Waals surface area contributed by atoms with Gasteiger partial charge in [-0.25, -0.2) is 8.42 Å². The molecule has 21 heavy (non-hydrogen) atoms. The van der Waals surface area contributed by atoms with Crippen molar-refractivity contribution in [3.63, 3.8) is 0 Å². The summed E-state index contributed by atoms with van der Waals surface area (Å²) in [7, 11) is -3.50. The lowest BCUT2D eigenvalue weighted by atomic mass is 10.2. The Hall–Kier alpha value is -0.730. The molecule has 0 saturated carbocycles. The largest absolute Gasteiger partial charge is 0.392 e. The molecule has 0 aliphatic carbocycles. The highest BCUT2D eigenvalue weighted by molar-refractivity contribution is 7.89. The van der Waals surface area contributed by atoms with Crippen LogP contribution in [0.4, 0.5) is 0 Å². The van der Waals surface area contributed by atoms with Crippen molar-refractivity contribution in [1.29, 1.82) is 0 Å². The van der Waals surface area contributed by atoms with Gasteiger partial charge >= 0.3 is 0 Å². The van der Waals surface area contributed by atoms with Crippen LogP contribution in [-0.4, -0.2) is 54.8 Å². The average molecular weight is 348 g/mol. The molecule has 1 aromatic carbocycles. The Morgan fingerprint density at radius 3 is 2.48 bits per heavy atom. The van der Waals surface area contributed by atoms with E-state index in [4.69, 9.17) is 29.6 Å². The van der Waals surface area contributed by atoms with Crippen molar-refractivity contribution in [2.24, 2.45) is 5.73 Å². The monoisotopic (exact) mass is 347 g/mol. The zero-order valence-electron chi connectivity index (χ0n) is 11.7. The maximum atomic E-state index is 12.5. The number of nitrogens with two attached hydrogens (primary N) is 1. The van der Waals surface area contributed by atoms with E-state index in [0.29, 0.717) is 36.2 Å². The van der Waals surface area contributed by atoms with Gasteiger partial charge in [0.1, 0.15) is 0 Å². The van der Waals surface area contributed by atoms with Crippen LogP contribution in [0.5, 0.6) is 0 Å². The van der Waals surface area contributed by atoms with Crippen molar-refractivity contribution >= 4 is 38.8 Å². The van der Waals surface area contributed by atoms with Crippen LogP contribution in [0, 0.1) is 0 Å². The standard InChI is InChI=1S/C13H18ClN3O2S2/c1-10(13(15)20)16-5-7-17(8-6-16)21(18,19)12-4-2-3-11(14)9-12/h2-4,9-10H,5-8H2,1H3,(H2,15,20). The first-order valence-corrected chi connectivity index (χ1v) is 8.84. The van der Waals surface area contributed by atoms with E-state index in [1.807, 2.05) is 6.92 Å². The molecule has 1 aliphatic rings.